The van der Waals surface area contributed by atoms with E-state index in [2.05, 4.69) is 46.7 Å². The molecule has 0 aliphatic rings. The van der Waals surface area contributed by atoms with Gasteiger partial charge < -0.3 is 5.32 Å². The van der Waals surface area contributed by atoms with E-state index in [1.165, 1.54) is 11.1 Å². The lowest BCUT2D eigenvalue weighted by Gasteiger charge is -2.05. The van der Waals surface area contributed by atoms with Crippen molar-refractivity contribution in [3.63, 3.8) is 0 Å². The molecule has 0 radical (unpaired) electrons. The summed E-state index contributed by atoms with van der Waals surface area (Å²) in [5.41, 5.74) is 4.93. The molecule has 2 aromatic rings. The molecule has 1 heterocycles. The quantitative estimate of drug-likeness (QED) is 0.884. The van der Waals surface area contributed by atoms with Gasteiger partial charge in [-0.25, -0.2) is 0 Å². The molecular formula is C15H19N3O. The van der Waals surface area contributed by atoms with Crippen molar-refractivity contribution in [2.24, 2.45) is 0 Å². The van der Waals surface area contributed by atoms with Gasteiger partial charge in [0.15, 0.2) is 0 Å². The summed E-state index contributed by atoms with van der Waals surface area (Å²) in [7, 11) is 0. The second kappa shape index (κ2) is 5.69. The van der Waals surface area contributed by atoms with Crippen LogP contribution >= 0.6 is 0 Å². The Labute approximate surface area is 113 Å². The van der Waals surface area contributed by atoms with E-state index in [-0.39, 0.29) is 5.91 Å². The number of hydrogen-bond acceptors (Lipinski definition) is 2. The topological polar surface area (TPSA) is 57.8 Å². The maximum absolute atomic E-state index is 11.9. The van der Waals surface area contributed by atoms with Crippen LogP contribution in [0.3, 0.4) is 0 Å². The zero-order valence-corrected chi connectivity index (χ0v) is 11.6. The Morgan fingerprint density at radius 1 is 1.21 bits per heavy atom. The fourth-order valence-corrected chi connectivity index (χ4v) is 1.95. The van der Waals surface area contributed by atoms with Gasteiger partial charge in [-0.15, -0.1) is 0 Å². The number of rotatable bonds is 4. The van der Waals surface area contributed by atoms with E-state index >= 15 is 0 Å². The summed E-state index contributed by atoms with van der Waals surface area (Å²) >= 11 is 0. The van der Waals surface area contributed by atoms with E-state index < -0.39 is 0 Å². The maximum atomic E-state index is 11.9. The predicted octanol–water partition coefficient (Wildman–Crippen LogP) is 2.91. The third-order valence-electron chi connectivity index (χ3n) is 3.15. The van der Waals surface area contributed by atoms with Crippen LogP contribution in [-0.4, -0.2) is 16.1 Å². The highest BCUT2D eigenvalue weighted by molar-refractivity contribution is 5.91. The third kappa shape index (κ3) is 3.44. The van der Waals surface area contributed by atoms with Crippen LogP contribution < -0.4 is 5.32 Å². The Morgan fingerprint density at radius 3 is 2.47 bits per heavy atom. The Bertz CT molecular complexity index is 550. The summed E-state index contributed by atoms with van der Waals surface area (Å²) in [6.45, 7) is 5.83. The lowest BCUT2D eigenvalue weighted by Crippen LogP contribution is -2.13. The number of carbonyl (C=O) groups is 1. The summed E-state index contributed by atoms with van der Waals surface area (Å²) < 4.78 is 0. The number of amides is 1. The zero-order valence-electron chi connectivity index (χ0n) is 11.6. The molecule has 0 bridgehead atoms. The molecule has 1 aromatic carbocycles. The number of H-pyrrole nitrogens is 1. The fraction of sp³-hybridized carbons (Fsp3) is 0.333. The normalized spacial score (nSPS) is 10.5. The molecular weight excluding hydrogens is 238 g/mol. The van der Waals surface area contributed by atoms with Crippen LogP contribution in [0.2, 0.25) is 0 Å². The molecule has 0 aliphatic carbocycles. The summed E-state index contributed by atoms with van der Waals surface area (Å²) in [6, 6.07) is 8.27. The number of carbonyl (C=O) groups excluding carboxylic acids is 1. The van der Waals surface area contributed by atoms with E-state index in [0.717, 1.165) is 23.5 Å². The van der Waals surface area contributed by atoms with Crippen molar-refractivity contribution in [1.29, 1.82) is 0 Å². The van der Waals surface area contributed by atoms with Gasteiger partial charge in [0.25, 0.3) is 0 Å². The van der Waals surface area contributed by atoms with E-state index in [9.17, 15) is 4.79 Å². The molecule has 19 heavy (non-hydrogen) atoms. The molecule has 0 saturated heterocycles. The van der Waals surface area contributed by atoms with E-state index in [1.807, 2.05) is 13.8 Å². The molecule has 0 unspecified atom stereocenters. The van der Waals surface area contributed by atoms with Crippen LogP contribution in [0.1, 0.15) is 28.9 Å². The molecule has 0 fully saturated rings. The number of hydrogen-bond donors (Lipinski definition) is 2. The number of anilines is 1. The van der Waals surface area contributed by atoms with Gasteiger partial charge >= 0.3 is 0 Å². The standard InChI is InChI=1S/C15H19N3O/c1-10-4-6-13(7-5-10)8-9-14(19)16-15-11(2)17-18-12(15)3/h4-7H,8-9H2,1-3H3,(H,16,19)(H,17,18). The van der Waals surface area contributed by atoms with Crippen LogP contribution in [-0.2, 0) is 11.2 Å². The zero-order chi connectivity index (χ0) is 13.8. The van der Waals surface area contributed by atoms with Crippen molar-refractivity contribution in [1.82, 2.24) is 10.2 Å². The highest BCUT2D eigenvalue weighted by Gasteiger charge is 2.10. The number of nitrogens with one attached hydrogen (secondary N) is 2. The number of nitrogens with zero attached hydrogens (tertiary/aromatic N) is 1. The molecule has 0 spiro atoms. The first-order chi connectivity index (χ1) is 9.06. The highest BCUT2D eigenvalue weighted by atomic mass is 16.1. The van der Waals surface area contributed by atoms with Gasteiger partial charge in [0.1, 0.15) is 0 Å². The number of aryl methyl sites for hydroxylation is 4. The minimum Gasteiger partial charge on any atom is -0.323 e. The average molecular weight is 257 g/mol. The molecule has 100 valence electrons. The molecule has 0 aliphatic heterocycles. The van der Waals surface area contributed by atoms with Crippen molar-refractivity contribution in [3.8, 4) is 0 Å². The van der Waals surface area contributed by atoms with Gasteiger partial charge in [0.2, 0.25) is 5.91 Å². The molecule has 1 aromatic heterocycles. The first-order valence-corrected chi connectivity index (χ1v) is 6.43. The molecule has 4 nitrogen and oxygen atoms in total. The Morgan fingerprint density at radius 2 is 1.89 bits per heavy atom. The van der Waals surface area contributed by atoms with Crippen molar-refractivity contribution >= 4 is 11.6 Å². The SMILES string of the molecule is Cc1ccc(CCC(=O)Nc2c(C)n[nH]c2C)cc1. The second-order valence-corrected chi connectivity index (χ2v) is 4.84. The molecule has 2 rings (SSSR count). The van der Waals surface area contributed by atoms with Crippen LogP contribution in [0.25, 0.3) is 0 Å². The van der Waals surface area contributed by atoms with Gasteiger partial charge in [-0.05, 0) is 32.8 Å². The minimum atomic E-state index is 0.0215. The number of aromatic amines is 1. The van der Waals surface area contributed by atoms with Crippen LogP contribution in [0.5, 0.6) is 0 Å². The Kier molecular flexibility index (Phi) is 4.00. The van der Waals surface area contributed by atoms with Gasteiger partial charge in [-0.3, -0.25) is 9.89 Å². The second-order valence-electron chi connectivity index (χ2n) is 4.84. The third-order valence-corrected chi connectivity index (χ3v) is 3.15. The number of benzene rings is 1. The van der Waals surface area contributed by atoms with E-state index in [1.54, 1.807) is 0 Å². The smallest absolute Gasteiger partial charge is 0.224 e. The van der Waals surface area contributed by atoms with Gasteiger partial charge in [0.05, 0.1) is 17.1 Å². The summed E-state index contributed by atoms with van der Waals surface area (Å²) in [5.74, 6) is 0.0215. The van der Waals surface area contributed by atoms with Gasteiger partial charge in [-0.2, -0.15) is 5.10 Å². The summed E-state index contributed by atoms with van der Waals surface area (Å²) in [4.78, 5) is 11.9. The molecule has 1 amide bonds. The predicted molar refractivity (Wildman–Crippen MR) is 76.2 cm³/mol. The Balaban J connectivity index is 1.90. The van der Waals surface area contributed by atoms with Crippen molar-refractivity contribution in [3.05, 3.63) is 46.8 Å². The monoisotopic (exact) mass is 257 g/mol. The first-order valence-electron chi connectivity index (χ1n) is 6.43. The minimum absolute atomic E-state index is 0.0215. The number of aromatic nitrogens is 2. The largest absolute Gasteiger partial charge is 0.323 e. The van der Waals surface area contributed by atoms with Crippen molar-refractivity contribution in [2.45, 2.75) is 33.6 Å². The van der Waals surface area contributed by atoms with Crippen LogP contribution in [0.4, 0.5) is 5.69 Å². The summed E-state index contributed by atoms with van der Waals surface area (Å²) in [6.07, 6.45) is 1.23. The molecule has 0 atom stereocenters. The lowest BCUT2D eigenvalue weighted by molar-refractivity contribution is -0.116. The molecule has 4 heteroatoms. The molecule has 0 saturated carbocycles. The van der Waals surface area contributed by atoms with Crippen molar-refractivity contribution in [2.75, 3.05) is 5.32 Å². The highest BCUT2D eigenvalue weighted by Crippen LogP contribution is 2.16. The van der Waals surface area contributed by atoms with E-state index in [4.69, 9.17) is 0 Å². The van der Waals surface area contributed by atoms with Crippen LogP contribution in [0, 0.1) is 20.8 Å². The summed E-state index contributed by atoms with van der Waals surface area (Å²) in [5, 5.41) is 9.82. The maximum Gasteiger partial charge on any atom is 0.224 e. The first kappa shape index (κ1) is 13.3. The molecule has 2 N–H and O–H groups in total. The lowest BCUT2D eigenvalue weighted by atomic mass is 10.1. The fourth-order valence-electron chi connectivity index (χ4n) is 1.95. The van der Waals surface area contributed by atoms with Crippen molar-refractivity contribution < 1.29 is 4.79 Å². The van der Waals surface area contributed by atoms with Gasteiger partial charge in [0, 0.05) is 6.42 Å². The van der Waals surface area contributed by atoms with Crippen LogP contribution in [0.15, 0.2) is 24.3 Å². The Hall–Kier alpha value is -2.10. The van der Waals surface area contributed by atoms with Gasteiger partial charge in [-0.1, -0.05) is 29.8 Å². The average Bonchev–Trinajstić information content (AvgIpc) is 2.70. The van der Waals surface area contributed by atoms with E-state index in [0.29, 0.717) is 6.42 Å².